The van der Waals surface area contributed by atoms with Crippen molar-refractivity contribution >= 4 is 5.97 Å². The molecular weight excluding hydrogens is 230 g/mol. The maximum atomic E-state index is 11.6. The summed E-state index contributed by atoms with van der Waals surface area (Å²) in [6.45, 7) is 6.27. The third-order valence-corrected chi connectivity index (χ3v) is 4.12. The average molecular weight is 253 g/mol. The van der Waals surface area contributed by atoms with Crippen molar-refractivity contribution < 1.29 is 14.6 Å². The van der Waals surface area contributed by atoms with Crippen LogP contribution in [0.1, 0.15) is 46.5 Å². The van der Waals surface area contributed by atoms with E-state index in [0.29, 0.717) is 24.7 Å². The van der Waals surface area contributed by atoms with Crippen LogP contribution in [0.5, 0.6) is 0 Å². The van der Waals surface area contributed by atoms with Crippen LogP contribution in [0.4, 0.5) is 0 Å². The second-order valence-corrected chi connectivity index (χ2v) is 5.50. The van der Waals surface area contributed by atoms with Crippen molar-refractivity contribution in [3.8, 4) is 6.07 Å². The first-order chi connectivity index (χ1) is 8.46. The molecule has 0 heterocycles. The normalized spacial score (nSPS) is 29.7. The van der Waals surface area contributed by atoms with E-state index in [4.69, 9.17) is 4.74 Å². The predicted molar refractivity (Wildman–Crippen MR) is 67.5 cm³/mol. The Hall–Kier alpha value is -1.08. The van der Waals surface area contributed by atoms with Gasteiger partial charge in [0.15, 0.2) is 6.10 Å². The lowest BCUT2D eigenvalue weighted by Gasteiger charge is -2.38. The zero-order valence-electron chi connectivity index (χ0n) is 11.5. The number of aliphatic hydroxyl groups excluding tert-OH is 1. The lowest BCUT2D eigenvalue weighted by molar-refractivity contribution is -0.160. The fraction of sp³-hybridized carbons (Fsp3) is 0.857. The van der Waals surface area contributed by atoms with Crippen LogP contribution in [0, 0.1) is 28.6 Å². The SMILES string of the molecule is CCOC(=O)C(O)C1(C#N)CCC(C(C)C)CC1. The van der Waals surface area contributed by atoms with E-state index < -0.39 is 17.5 Å². The van der Waals surface area contributed by atoms with E-state index in [1.54, 1.807) is 6.92 Å². The van der Waals surface area contributed by atoms with Gasteiger partial charge in [0.05, 0.1) is 18.1 Å². The van der Waals surface area contributed by atoms with Crippen LogP contribution < -0.4 is 0 Å². The van der Waals surface area contributed by atoms with Crippen LogP contribution in [0.2, 0.25) is 0 Å². The van der Waals surface area contributed by atoms with E-state index in [9.17, 15) is 15.2 Å². The highest BCUT2D eigenvalue weighted by atomic mass is 16.5. The molecule has 1 aliphatic carbocycles. The number of ether oxygens (including phenoxy) is 1. The summed E-state index contributed by atoms with van der Waals surface area (Å²) in [5, 5.41) is 19.4. The molecule has 1 N–H and O–H groups in total. The monoisotopic (exact) mass is 253 g/mol. The van der Waals surface area contributed by atoms with Crippen LogP contribution in [0.15, 0.2) is 0 Å². The van der Waals surface area contributed by atoms with Gasteiger partial charge >= 0.3 is 5.97 Å². The number of hydrogen-bond donors (Lipinski definition) is 1. The second kappa shape index (κ2) is 6.19. The minimum atomic E-state index is -1.31. The summed E-state index contributed by atoms with van der Waals surface area (Å²) >= 11 is 0. The van der Waals surface area contributed by atoms with E-state index in [0.717, 1.165) is 12.8 Å². The molecule has 0 aromatic heterocycles. The van der Waals surface area contributed by atoms with Gasteiger partial charge in [0.2, 0.25) is 0 Å². The van der Waals surface area contributed by atoms with E-state index in [1.807, 2.05) is 0 Å². The van der Waals surface area contributed by atoms with Crippen LogP contribution in [0.3, 0.4) is 0 Å². The zero-order valence-corrected chi connectivity index (χ0v) is 11.5. The quantitative estimate of drug-likeness (QED) is 0.780. The molecule has 1 atom stereocenters. The summed E-state index contributed by atoms with van der Waals surface area (Å²) in [6.07, 6.45) is 1.62. The van der Waals surface area contributed by atoms with E-state index in [1.165, 1.54) is 0 Å². The lowest BCUT2D eigenvalue weighted by Crippen LogP contribution is -2.44. The molecule has 18 heavy (non-hydrogen) atoms. The Morgan fingerprint density at radius 2 is 2.06 bits per heavy atom. The Morgan fingerprint density at radius 3 is 2.44 bits per heavy atom. The standard InChI is InChI=1S/C14H23NO3/c1-4-18-13(17)12(16)14(9-15)7-5-11(6-8-14)10(2)3/h10-12,16H,4-8H2,1-3H3. The molecule has 0 spiro atoms. The van der Waals surface area contributed by atoms with Crippen LogP contribution >= 0.6 is 0 Å². The summed E-state index contributed by atoms with van der Waals surface area (Å²) in [7, 11) is 0. The van der Waals surface area contributed by atoms with Crippen molar-refractivity contribution in [1.29, 1.82) is 5.26 Å². The fourth-order valence-corrected chi connectivity index (χ4v) is 2.72. The molecule has 1 fully saturated rings. The maximum Gasteiger partial charge on any atom is 0.336 e. The third kappa shape index (κ3) is 3.02. The van der Waals surface area contributed by atoms with Gasteiger partial charge < -0.3 is 9.84 Å². The van der Waals surface area contributed by atoms with Gasteiger partial charge in [0.1, 0.15) is 0 Å². The highest BCUT2D eigenvalue weighted by Gasteiger charge is 2.46. The van der Waals surface area contributed by atoms with Gasteiger partial charge in [-0.1, -0.05) is 13.8 Å². The van der Waals surface area contributed by atoms with Gasteiger partial charge in [-0.25, -0.2) is 4.79 Å². The maximum absolute atomic E-state index is 11.6. The molecule has 102 valence electrons. The predicted octanol–water partition coefficient (Wildman–Crippen LogP) is 2.27. The first-order valence-electron chi connectivity index (χ1n) is 6.72. The first kappa shape index (κ1) is 15.0. The van der Waals surface area contributed by atoms with Crippen LogP contribution in [0.25, 0.3) is 0 Å². The number of hydrogen-bond acceptors (Lipinski definition) is 4. The smallest absolute Gasteiger partial charge is 0.336 e. The van der Waals surface area contributed by atoms with Crippen molar-refractivity contribution in [3.05, 3.63) is 0 Å². The summed E-state index contributed by atoms with van der Waals surface area (Å²) in [6, 6.07) is 2.17. The first-order valence-corrected chi connectivity index (χ1v) is 6.72. The Balaban J connectivity index is 2.72. The number of aliphatic hydroxyl groups is 1. The van der Waals surface area contributed by atoms with Crippen molar-refractivity contribution in [2.24, 2.45) is 17.3 Å². The van der Waals surface area contributed by atoms with Gasteiger partial charge in [-0.15, -0.1) is 0 Å². The van der Waals surface area contributed by atoms with E-state index >= 15 is 0 Å². The number of carbonyl (C=O) groups excluding carboxylic acids is 1. The molecule has 1 rings (SSSR count). The van der Waals surface area contributed by atoms with Gasteiger partial charge in [0, 0.05) is 0 Å². The van der Waals surface area contributed by atoms with Gasteiger partial charge in [-0.05, 0) is 44.4 Å². The Morgan fingerprint density at radius 1 is 1.50 bits per heavy atom. The fourth-order valence-electron chi connectivity index (χ4n) is 2.72. The topological polar surface area (TPSA) is 70.3 Å². The van der Waals surface area contributed by atoms with Crippen LogP contribution in [-0.4, -0.2) is 23.8 Å². The molecule has 4 heteroatoms. The number of nitrogens with zero attached hydrogens (tertiary/aromatic N) is 1. The van der Waals surface area contributed by atoms with E-state index in [-0.39, 0.29) is 6.61 Å². The molecule has 0 aromatic rings. The molecule has 1 saturated carbocycles. The minimum Gasteiger partial charge on any atom is -0.464 e. The molecule has 1 aliphatic rings. The largest absolute Gasteiger partial charge is 0.464 e. The molecule has 0 aromatic carbocycles. The van der Waals surface area contributed by atoms with Gasteiger partial charge in [0.25, 0.3) is 0 Å². The van der Waals surface area contributed by atoms with Gasteiger partial charge in [-0.3, -0.25) is 0 Å². The van der Waals surface area contributed by atoms with Crippen molar-refractivity contribution in [2.45, 2.75) is 52.6 Å². The minimum absolute atomic E-state index is 0.228. The second-order valence-electron chi connectivity index (χ2n) is 5.50. The van der Waals surface area contributed by atoms with Crippen molar-refractivity contribution in [2.75, 3.05) is 6.61 Å². The van der Waals surface area contributed by atoms with E-state index in [2.05, 4.69) is 19.9 Å². The highest BCUT2D eigenvalue weighted by Crippen LogP contribution is 2.43. The summed E-state index contributed by atoms with van der Waals surface area (Å²) < 4.78 is 4.82. The molecule has 1 unspecified atom stereocenters. The van der Waals surface area contributed by atoms with Crippen LogP contribution in [-0.2, 0) is 9.53 Å². The molecular formula is C14H23NO3. The Bertz CT molecular complexity index is 324. The molecule has 0 bridgehead atoms. The lowest BCUT2D eigenvalue weighted by atomic mass is 9.66. The molecule has 0 amide bonds. The zero-order chi connectivity index (χ0) is 13.8. The van der Waals surface area contributed by atoms with Gasteiger partial charge in [-0.2, -0.15) is 5.26 Å². The molecule has 0 saturated heterocycles. The molecule has 0 radical (unpaired) electrons. The molecule has 0 aliphatic heterocycles. The number of esters is 1. The Kier molecular flexibility index (Phi) is 5.15. The number of carbonyl (C=O) groups is 1. The number of nitriles is 1. The number of rotatable bonds is 4. The third-order valence-electron chi connectivity index (χ3n) is 4.12. The summed E-state index contributed by atoms with van der Waals surface area (Å²) in [5.74, 6) is 0.504. The molecule has 4 nitrogen and oxygen atoms in total. The Labute approximate surface area is 109 Å². The summed E-state index contributed by atoms with van der Waals surface area (Å²) in [5.41, 5.74) is -0.947. The van der Waals surface area contributed by atoms with Crippen molar-refractivity contribution in [3.63, 3.8) is 0 Å². The summed E-state index contributed by atoms with van der Waals surface area (Å²) in [4.78, 5) is 11.6. The average Bonchev–Trinajstić information content (AvgIpc) is 2.38. The van der Waals surface area contributed by atoms with Crippen molar-refractivity contribution in [1.82, 2.24) is 0 Å². The highest BCUT2D eigenvalue weighted by molar-refractivity contribution is 5.76.